The Labute approximate surface area is 114 Å². The van der Waals surface area contributed by atoms with Crippen LogP contribution >= 0.6 is 34.8 Å². The minimum Gasteiger partial charge on any atom is -0.381 e. The van der Waals surface area contributed by atoms with Gasteiger partial charge in [0.2, 0.25) is 0 Å². The number of benzene rings is 2. The number of hydrogen-bond donors (Lipinski definition) is 1. The van der Waals surface area contributed by atoms with Gasteiger partial charge in [-0.2, -0.15) is 0 Å². The van der Waals surface area contributed by atoms with Crippen LogP contribution in [-0.4, -0.2) is 0 Å². The largest absolute Gasteiger partial charge is 0.381 e. The minimum atomic E-state index is 0.390. The molecule has 0 aliphatic carbocycles. The first-order chi connectivity index (χ1) is 8.16. The Morgan fingerprint density at radius 3 is 2.18 bits per heavy atom. The van der Waals surface area contributed by atoms with Crippen LogP contribution < -0.4 is 10.3 Å². The molecule has 0 aliphatic rings. The van der Waals surface area contributed by atoms with E-state index in [4.69, 9.17) is 39.6 Å². The molecule has 0 fully saturated rings. The molecule has 0 aliphatic heterocycles. The van der Waals surface area contributed by atoms with Gasteiger partial charge in [-0.15, -0.1) is 0 Å². The Kier molecular flexibility index (Phi) is 4.00. The molecule has 5 heteroatoms. The van der Waals surface area contributed by atoms with Crippen LogP contribution in [0.3, 0.4) is 0 Å². The highest BCUT2D eigenvalue weighted by molar-refractivity contribution is 6.43. The van der Waals surface area contributed by atoms with Crippen molar-refractivity contribution in [3.8, 4) is 5.75 Å². The average Bonchev–Trinajstić information content (AvgIpc) is 2.33. The van der Waals surface area contributed by atoms with Crippen LogP contribution in [0.15, 0.2) is 42.5 Å². The van der Waals surface area contributed by atoms with Crippen LogP contribution in [0.25, 0.3) is 0 Å². The van der Waals surface area contributed by atoms with Gasteiger partial charge in [-0.25, -0.2) is 5.48 Å². The summed E-state index contributed by atoms with van der Waals surface area (Å²) >= 11 is 17.6. The highest BCUT2D eigenvalue weighted by Gasteiger charge is 2.07. The molecule has 88 valence electrons. The van der Waals surface area contributed by atoms with Gasteiger partial charge in [0.15, 0.2) is 5.75 Å². The summed E-state index contributed by atoms with van der Waals surface area (Å²) in [6.45, 7) is 0. The molecule has 0 saturated carbocycles. The third kappa shape index (κ3) is 3.19. The zero-order valence-electron chi connectivity index (χ0n) is 8.58. The zero-order valence-corrected chi connectivity index (χ0v) is 10.9. The van der Waals surface area contributed by atoms with Crippen molar-refractivity contribution in [2.45, 2.75) is 0 Å². The molecule has 0 saturated heterocycles. The summed E-state index contributed by atoms with van der Waals surface area (Å²) in [5.41, 5.74) is 3.58. The maximum absolute atomic E-state index is 5.96. The number of para-hydroxylation sites is 1. The molecule has 2 aromatic carbocycles. The maximum Gasteiger partial charge on any atom is 0.175 e. The molecule has 2 rings (SSSR count). The number of rotatable bonds is 3. The lowest BCUT2D eigenvalue weighted by atomic mass is 10.3. The lowest BCUT2D eigenvalue weighted by Gasteiger charge is -2.10. The van der Waals surface area contributed by atoms with Gasteiger partial charge in [0, 0.05) is 6.07 Å². The van der Waals surface area contributed by atoms with Crippen LogP contribution in [0.1, 0.15) is 0 Å². The van der Waals surface area contributed by atoms with Crippen molar-refractivity contribution in [1.82, 2.24) is 0 Å². The van der Waals surface area contributed by atoms with Crippen LogP contribution in [0.5, 0.6) is 5.75 Å². The summed E-state index contributed by atoms with van der Waals surface area (Å²) in [6.07, 6.45) is 0. The van der Waals surface area contributed by atoms with Crippen molar-refractivity contribution in [2.75, 3.05) is 5.48 Å². The van der Waals surface area contributed by atoms with E-state index in [0.717, 1.165) is 5.69 Å². The molecule has 0 aromatic heterocycles. The van der Waals surface area contributed by atoms with Crippen LogP contribution in [-0.2, 0) is 0 Å². The molecule has 0 unspecified atom stereocenters. The van der Waals surface area contributed by atoms with Crippen molar-refractivity contribution >= 4 is 40.5 Å². The Hall–Kier alpha value is -1.09. The average molecular weight is 289 g/mol. The summed E-state index contributed by atoms with van der Waals surface area (Å²) in [5, 5.41) is 1.17. The minimum absolute atomic E-state index is 0.390. The van der Waals surface area contributed by atoms with Gasteiger partial charge in [0.25, 0.3) is 0 Å². The number of hydrogen-bond acceptors (Lipinski definition) is 2. The van der Waals surface area contributed by atoms with Crippen molar-refractivity contribution in [3.05, 3.63) is 57.5 Å². The Morgan fingerprint density at radius 2 is 1.47 bits per heavy atom. The summed E-state index contributed by atoms with van der Waals surface area (Å²) in [4.78, 5) is 5.33. The van der Waals surface area contributed by atoms with Crippen molar-refractivity contribution in [1.29, 1.82) is 0 Å². The molecule has 0 radical (unpaired) electrons. The normalized spacial score (nSPS) is 10.1. The fourth-order valence-electron chi connectivity index (χ4n) is 1.20. The van der Waals surface area contributed by atoms with Crippen LogP contribution in [0.2, 0.25) is 15.1 Å². The number of halogens is 3. The molecule has 2 aromatic rings. The Morgan fingerprint density at radius 1 is 0.824 bits per heavy atom. The Bertz CT molecular complexity index is 517. The third-order valence-corrected chi connectivity index (χ3v) is 3.04. The van der Waals surface area contributed by atoms with E-state index >= 15 is 0 Å². The standard InChI is InChI=1S/C12H8Cl3NO/c13-9-6-11(15)12(7-10(9)14)17-16-8-4-2-1-3-5-8/h1-7,16H. The second-order valence-corrected chi connectivity index (χ2v) is 4.49. The van der Waals surface area contributed by atoms with Crippen LogP contribution in [0, 0.1) is 0 Å². The van der Waals surface area contributed by atoms with Crippen molar-refractivity contribution < 1.29 is 4.84 Å². The topological polar surface area (TPSA) is 21.3 Å². The predicted octanol–water partition coefficient (Wildman–Crippen LogP) is 5.05. The second kappa shape index (κ2) is 5.50. The van der Waals surface area contributed by atoms with Crippen molar-refractivity contribution in [2.24, 2.45) is 0 Å². The van der Waals surface area contributed by atoms with E-state index in [1.54, 1.807) is 6.07 Å². The van der Waals surface area contributed by atoms with Gasteiger partial charge in [0.1, 0.15) is 0 Å². The SMILES string of the molecule is Clc1cc(Cl)c(ONc2ccccc2)cc1Cl. The Balaban J connectivity index is 2.12. The van der Waals surface area contributed by atoms with E-state index in [9.17, 15) is 0 Å². The second-order valence-electron chi connectivity index (χ2n) is 3.27. The monoisotopic (exact) mass is 287 g/mol. The fraction of sp³-hybridized carbons (Fsp3) is 0. The number of nitrogens with one attached hydrogen (secondary N) is 1. The summed E-state index contributed by atoms with van der Waals surface area (Å²) in [6, 6.07) is 12.5. The number of anilines is 1. The molecule has 0 amide bonds. The highest BCUT2D eigenvalue weighted by atomic mass is 35.5. The van der Waals surface area contributed by atoms with E-state index in [-0.39, 0.29) is 0 Å². The maximum atomic E-state index is 5.96. The fourth-order valence-corrected chi connectivity index (χ4v) is 1.78. The zero-order chi connectivity index (χ0) is 12.3. The highest BCUT2D eigenvalue weighted by Crippen LogP contribution is 2.33. The van der Waals surface area contributed by atoms with Gasteiger partial charge in [-0.3, -0.25) is 0 Å². The lowest BCUT2D eigenvalue weighted by molar-refractivity contribution is 0.405. The molecule has 0 heterocycles. The molecule has 1 N–H and O–H groups in total. The molecule has 2 nitrogen and oxygen atoms in total. The first kappa shape index (κ1) is 12.4. The molecule has 17 heavy (non-hydrogen) atoms. The molecule has 0 atom stereocenters. The van der Waals surface area contributed by atoms with Gasteiger partial charge >= 0.3 is 0 Å². The molecule has 0 spiro atoms. The lowest BCUT2D eigenvalue weighted by Crippen LogP contribution is -2.04. The summed E-state index contributed by atoms with van der Waals surface area (Å²) < 4.78 is 0. The quantitative estimate of drug-likeness (QED) is 0.630. The van der Waals surface area contributed by atoms with E-state index in [0.29, 0.717) is 20.8 Å². The first-order valence-corrected chi connectivity index (χ1v) is 5.92. The smallest absolute Gasteiger partial charge is 0.175 e. The molecule has 0 bridgehead atoms. The van der Waals surface area contributed by atoms with Gasteiger partial charge < -0.3 is 4.84 Å². The van der Waals surface area contributed by atoms with E-state index in [1.807, 2.05) is 30.3 Å². The van der Waals surface area contributed by atoms with Gasteiger partial charge in [-0.1, -0.05) is 53.0 Å². The van der Waals surface area contributed by atoms with Gasteiger partial charge in [-0.05, 0) is 18.2 Å². The van der Waals surface area contributed by atoms with Gasteiger partial charge in [0.05, 0.1) is 20.8 Å². The van der Waals surface area contributed by atoms with E-state index in [1.165, 1.54) is 6.07 Å². The summed E-state index contributed by atoms with van der Waals surface area (Å²) in [5.74, 6) is 0.421. The predicted molar refractivity (Wildman–Crippen MR) is 72.2 cm³/mol. The molecular weight excluding hydrogens is 280 g/mol. The van der Waals surface area contributed by atoms with E-state index in [2.05, 4.69) is 5.48 Å². The van der Waals surface area contributed by atoms with Crippen LogP contribution in [0.4, 0.5) is 5.69 Å². The van der Waals surface area contributed by atoms with E-state index < -0.39 is 0 Å². The molecular formula is C12H8Cl3NO. The third-order valence-electron chi connectivity index (χ3n) is 2.03. The van der Waals surface area contributed by atoms with Crippen molar-refractivity contribution in [3.63, 3.8) is 0 Å². The first-order valence-electron chi connectivity index (χ1n) is 4.79. The summed E-state index contributed by atoms with van der Waals surface area (Å²) in [7, 11) is 0.